The summed E-state index contributed by atoms with van der Waals surface area (Å²) in [4.78, 5) is 0.160. The zero-order valence-electron chi connectivity index (χ0n) is 15.4. The Balaban J connectivity index is 1.67. The zero-order chi connectivity index (χ0) is 20.3. The summed E-state index contributed by atoms with van der Waals surface area (Å²) in [5.74, 6) is 0.267. The normalized spacial score (nSPS) is 11.3. The van der Waals surface area contributed by atoms with Crippen molar-refractivity contribution in [1.29, 1.82) is 0 Å². The maximum absolute atomic E-state index is 13.1. The molecule has 2 N–H and O–H groups in total. The molecular formula is C23H19NO4S. The fourth-order valence-electron chi connectivity index (χ4n) is 3.09. The zero-order valence-corrected chi connectivity index (χ0v) is 16.3. The van der Waals surface area contributed by atoms with Crippen molar-refractivity contribution >= 4 is 26.5 Å². The van der Waals surface area contributed by atoms with Crippen LogP contribution < -0.4 is 9.46 Å². The average Bonchev–Trinajstić information content (AvgIpc) is 2.73. The Kier molecular flexibility index (Phi) is 5.10. The van der Waals surface area contributed by atoms with Gasteiger partial charge in [-0.15, -0.1) is 0 Å². The molecule has 0 aliphatic rings. The van der Waals surface area contributed by atoms with E-state index in [2.05, 4.69) is 4.72 Å². The lowest BCUT2D eigenvalue weighted by molar-refractivity contribution is 0.307. The Morgan fingerprint density at radius 1 is 0.828 bits per heavy atom. The van der Waals surface area contributed by atoms with E-state index in [0.717, 1.165) is 10.9 Å². The van der Waals surface area contributed by atoms with E-state index in [1.165, 1.54) is 12.1 Å². The van der Waals surface area contributed by atoms with Crippen LogP contribution >= 0.6 is 0 Å². The van der Waals surface area contributed by atoms with Crippen molar-refractivity contribution in [2.75, 3.05) is 4.72 Å². The van der Waals surface area contributed by atoms with Crippen molar-refractivity contribution < 1.29 is 18.3 Å². The van der Waals surface area contributed by atoms with E-state index in [1.54, 1.807) is 30.3 Å². The minimum atomic E-state index is -3.90. The highest BCUT2D eigenvalue weighted by Gasteiger charge is 2.19. The monoisotopic (exact) mass is 405 g/mol. The summed E-state index contributed by atoms with van der Waals surface area (Å²) in [6.07, 6.45) is 0. The summed E-state index contributed by atoms with van der Waals surface area (Å²) in [6, 6.07) is 26.3. The first-order chi connectivity index (χ1) is 14.0. The van der Waals surface area contributed by atoms with Crippen LogP contribution in [0.1, 0.15) is 5.56 Å². The fraction of sp³-hybridized carbons (Fsp3) is 0.0435. The molecule has 4 rings (SSSR count). The molecule has 0 unspecified atom stereocenters. The first-order valence-corrected chi connectivity index (χ1v) is 10.5. The molecule has 0 aromatic heterocycles. The predicted molar refractivity (Wildman–Crippen MR) is 114 cm³/mol. The second-order valence-corrected chi connectivity index (χ2v) is 8.19. The third-order valence-corrected chi connectivity index (χ3v) is 5.91. The number of hydrogen-bond acceptors (Lipinski definition) is 4. The fourth-order valence-corrected chi connectivity index (χ4v) is 4.38. The van der Waals surface area contributed by atoms with Gasteiger partial charge in [-0.1, -0.05) is 66.7 Å². The van der Waals surface area contributed by atoms with E-state index in [1.807, 2.05) is 48.5 Å². The minimum absolute atomic E-state index is 0.0623. The number of hydrogen-bond donors (Lipinski definition) is 2. The number of anilines is 1. The van der Waals surface area contributed by atoms with E-state index in [-0.39, 0.29) is 22.9 Å². The number of rotatable bonds is 6. The molecule has 0 aliphatic carbocycles. The van der Waals surface area contributed by atoms with Gasteiger partial charge in [-0.2, -0.15) is 0 Å². The molecule has 0 saturated heterocycles. The first-order valence-electron chi connectivity index (χ1n) is 9.03. The Morgan fingerprint density at radius 2 is 1.55 bits per heavy atom. The summed E-state index contributed by atoms with van der Waals surface area (Å²) in [5, 5.41) is 11.3. The van der Waals surface area contributed by atoms with Crippen LogP contribution in [0.4, 0.5) is 5.69 Å². The standard InChI is InChI=1S/C23H19NO4S/c25-19-13-14-22(28-16-17-7-2-1-3-8-17)21(15-19)24-29(26,27)23-12-6-10-18-9-4-5-11-20(18)23/h1-15,24-25H,16H2. The molecule has 4 aromatic carbocycles. The molecule has 5 nitrogen and oxygen atoms in total. The van der Waals surface area contributed by atoms with Gasteiger partial charge in [0.25, 0.3) is 10.0 Å². The molecule has 0 atom stereocenters. The summed E-state index contributed by atoms with van der Waals surface area (Å²) >= 11 is 0. The lowest BCUT2D eigenvalue weighted by atomic mass is 10.1. The van der Waals surface area contributed by atoms with Gasteiger partial charge in [0.2, 0.25) is 0 Å². The second kappa shape index (κ2) is 7.85. The number of nitrogens with one attached hydrogen (secondary N) is 1. The third kappa shape index (κ3) is 4.17. The third-order valence-electron chi connectivity index (χ3n) is 4.48. The summed E-state index contributed by atoms with van der Waals surface area (Å²) in [5.41, 5.74) is 1.12. The van der Waals surface area contributed by atoms with Gasteiger partial charge in [0.05, 0.1) is 10.6 Å². The molecule has 0 spiro atoms. The topological polar surface area (TPSA) is 75.6 Å². The van der Waals surface area contributed by atoms with Gasteiger partial charge >= 0.3 is 0 Å². The second-order valence-electron chi connectivity index (χ2n) is 6.54. The molecular weight excluding hydrogens is 386 g/mol. The van der Waals surface area contributed by atoms with Crippen LogP contribution in [0.3, 0.4) is 0 Å². The number of sulfonamides is 1. The molecule has 0 aliphatic heterocycles. The lowest BCUT2D eigenvalue weighted by Gasteiger charge is -2.15. The van der Waals surface area contributed by atoms with Crippen LogP contribution in [0, 0.1) is 0 Å². The van der Waals surface area contributed by atoms with Gasteiger partial charge in [-0.3, -0.25) is 4.72 Å². The van der Waals surface area contributed by atoms with Gasteiger partial charge in [-0.25, -0.2) is 8.42 Å². The van der Waals surface area contributed by atoms with Gasteiger partial charge < -0.3 is 9.84 Å². The number of phenolic OH excluding ortho intramolecular Hbond substituents is 1. The van der Waals surface area contributed by atoms with Crippen LogP contribution in [0.15, 0.2) is 95.9 Å². The molecule has 4 aromatic rings. The SMILES string of the molecule is O=S(=O)(Nc1cc(O)ccc1OCc1ccccc1)c1cccc2ccccc12. The summed E-state index contributed by atoms with van der Waals surface area (Å²) in [7, 11) is -3.90. The molecule has 6 heteroatoms. The molecule has 0 saturated carbocycles. The van der Waals surface area contributed by atoms with Crippen molar-refractivity contribution in [3.05, 3.63) is 96.6 Å². The highest BCUT2D eigenvalue weighted by atomic mass is 32.2. The Morgan fingerprint density at radius 3 is 2.38 bits per heavy atom. The highest BCUT2D eigenvalue weighted by Crippen LogP contribution is 2.32. The van der Waals surface area contributed by atoms with Crippen molar-refractivity contribution in [2.45, 2.75) is 11.5 Å². The molecule has 0 bridgehead atoms. The number of aromatic hydroxyl groups is 1. The van der Waals surface area contributed by atoms with Gasteiger partial charge in [0.15, 0.2) is 0 Å². The molecule has 0 amide bonds. The minimum Gasteiger partial charge on any atom is -0.508 e. The number of ether oxygens (including phenoxy) is 1. The first kappa shape index (κ1) is 18.8. The number of benzene rings is 4. The molecule has 29 heavy (non-hydrogen) atoms. The average molecular weight is 405 g/mol. The van der Waals surface area contributed by atoms with Crippen molar-refractivity contribution in [2.24, 2.45) is 0 Å². The predicted octanol–water partition coefficient (Wildman–Crippen LogP) is 4.93. The highest BCUT2D eigenvalue weighted by molar-refractivity contribution is 7.93. The largest absolute Gasteiger partial charge is 0.508 e. The maximum Gasteiger partial charge on any atom is 0.262 e. The number of phenols is 1. The molecule has 0 fully saturated rings. The molecule has 146 valence electrons. The van der Waals surface area contributed by atoms with E-state index < -0.39 is 10.0 Å². The van der Waals surface area contributed by atoms with Crippen molar-refractivity contribution in [1.82, 2.24) is 0 Å². The van der Waals surface area contributed by atoms with Crippen molar-refractivity contribution in [3.63, 3.8) is 0 Å². The van der Waals surface area contributed by atoms with Gasteiger partial charge in [-0.05, 0) is 29.1 Å². The van der Waals surface area contributed by atoms with E-state index in [9.17, 15) is 13.5 Å². The quantitative estimate of drug-likeness (QED) is 0.477. The lowest BCUT2D eigenvalue weighted by Crippen LogP contribution is -2.14. The van der Waals surface area contributed by atoms with Crippen LogP contribution in [-0.2, 0) is 16.6 Å². The van der Waals surface area contributed by atoms with Gasteiger partial charge in [0, 0.05) is 11.5 Å². The Bertz CT molecular complexity index is 1250. The van der Waals surface area contributed by atoms with Crippen LogP contribution in [-0.4, -0.2) is 13.5 Å². The van der Waals surface area contributed by atoms with Crippen LogP contribution in [0.5, 0.6) is 11.5 Å². The summed E-state index contributed by atoms with van der Waals surface area (Å²) in [6.45, 7) is 0.272. The van der Waals surface area contributed by atoms with E-state index in [0.29, 0.717) is 11.1 Å². The number of fused-ring (bicyclic) bond motifs is 1. The maximum atomic E-state index is 13.1. The van der Waals surface area contributed by atoms with E-state index in [4.69, 9.17) is 4.74 Å². The summed E-state index contributed by atoms with van der Waals surface area (Å²) < 4.78 is 34.6. The Labute approximate surface area is 169 Å². The van der Waals surface area contributed by atoms with Crippen LogP contribution in [0.2, 0.25) is 0 Å². The smallest absolute Gasteiger partial charge is 0.262 e. The van der Waals surface area contributed by atoms with Crippen LogP contribution in [0.25, 0.3) is 10.8 Å². The Hall–Kier alpha value is -3.51. The van der Waals surface area contributed by atoms with E-state index >= 15 is 0 Å². The molecule has 0 radical (unpaired) electrons. The van der Waals surface area contributed by atoms with Crippen molar-refractivity contribution in [3.8, 4) is 11.5 Å². The molecule has 0 heterocycles. The van der Waals surface area contributed by atoms with Gasteiger partial charge in [0.1, 0.15) is 18.1 Å².